The van der Waals surface area contributed by atoms with Crippen LogP contribution in [0.25, 0.3) is 0 Å². The van der Waals surface area contributed by atoms with Crippen LogP contribution in [0.5, 0.6) is 0 Å². The van der Waals surface area contributed by atoms with Gasteiger partial charge >= 0.3 is 0 Å². The molecule has 1 aromatic rings. The first-order valence-electron chi connectivity index (χ1n) is 8.80. The van der Waals surface area contributed by atoms with Crippen LogP contribution in [0.2, 0.25) is 0 Å². The number of hydrogen-bond acceptors (Lipinski definition) is 4. The van der Waals surface area contributed by atoms with Crippen molar-refractivity contribution in [2.24, 2.45) is 0 Å². The zero-order chi connectivity index (χ0) is 18.4. The Labute approximate surface area is 150 Å². The molecule has 0 aromatic heterocycles. The Bertz CT molecular complexity index is 671. The van der Waals surface area contributed by atoms with Crippen LogP contribution in [0, 0.1) is 6.92 Å². The summed E-state index contributed by atoms with van der Waals surface area (Å²) in [6, 6.07) is 6.11. The fourth-order valence-electron chi connectivity index (χ4n) is 2.86. The fraction of sp³-hybridized carbons (Fsp3) is 0.611. The Morgan fingerprint density at radius 3 is 2.64 bits per heavy atom. The lowest BCUT2D eigenvalue weighted by Gasteiger charge is -2.23. The molecule has 0 unspecified atom stereocenters. The van der Waals surface area contributed by atoms with Gasteiger partial charge in [-0.2, -0.15) is 4.31 Å². The molecular formula is C18H28N2O4S. The van der Waals surface area contributed by atoms with Gasteiger partial charge in [0.25, 0.3) is 0 Å². The van der Waals surface area contributed by atoms with E-state index >= 15 is 0 Å². The van der Waals surface area contributed by atoms with Crippen LogP contribution in [-0.2, 0) is 19.6 Å². The standard InChI is InChI=1S/C18H28N2O4S/c1-14(2)24-13-5-11-19-18(21)17-6-4-12-20(17)25(22,23)16-9-7-15(3)8-10-16/h7-10,14,17H,4-6,11-13H2,1-3H3,(H,19,21)/t17-/m0/s1. The third-order valence-corrected chi connectivity index (χ3v) is 6.13. The van der Waals surface area contributed by atoms with E-state index in [0.29, 0.717) is 39.0 Å². The van der Waals surface area contributed by atoms with Crippen LogP contribution in [0.4, 0.5) is 0 Å². The molecule has 25 heavy (non-hydrogen) atoms. The summed E-state index contributed by atoms with van der Waals surface area (Å²) in [5.74, 6) is -0.224. The second-order valence-corrected chi connectivity index (χ2v) is 8.54. The third-order valence-electron chi connectivity index (χ3n) is 4.21. The highest BCUT2D eigenvalue weighted by Crippen LogP contribution is 2.26. The molecule has 0 aliphatic carbocycles. The van der Waals surface area contributed by atoms with Crippen LogP contribution >= 0.6 is 0 Å². The SMILES string of the molecule is Cc1ccc(S(=O)(=O)N2CCC[C@H]2C(=O)NCCCOC(C)C)cc1. The predicted molar refractivity (Wildman–Crippen MR) is 96.8 cm³/mol. The van der Waals surface area contributed by atoms with E-state index in [2.05, 4.69) is 5.32 Å². The van der Waals surface area contributed by atoms with Gasteiger partial charge in [-0.3, -0.25) is 4.79 Å². The summed E-state index contributed by atoms with van der Waals surface area (Å²) in [4.78, 5) is 12.7. The number of nitrogens with zero attached hydrogens (tertiary/aromatic N) is 1. The van der Waals surface area contributed by atoms with Crippen molar-refractivity contribution in [3.63, 3.8) is 0 Å². The quantitative estimate of drug-likeness (QED) is 0.713. The van der Waals surface area contributed by atoms with Gasteiger partial charge in [0.15, 0.2) is 0 Å². The molecule has 1 atom stereocenters. The van der Waals surface area contributed by atoms with Gasteiger partial charge in [0.2, 0.25) is 15.9 Å². The zero-order valence-electron chi connectivity index (χ0n) is 15.2. The van der Waals surface area contributed by atoms with Gasteiger partial charge in [-0.05, 0) is 52.2 Å². The van der Waals surface area contributed by atoms with Crippen LogP contribution < -0.4 is 5.32 Å². The predicted octanol–water partition coefficient (Wildman–Crippen LogP) is 2.08. The van der Waals surface area contributed by atoms with Crippen molar-refractivity contribution in [2.45, 2.75) is 57.1 Å². The molecule has 1 amide bonds. The van der Waals surface area contributed by atoms with Crippen LogP contribution in [0.15, 0.2) is 29.2 Å². The van der Waals surface area contributed by atoms with E-state index in [1.807, 2.05) is 20.8 Å². The normalized spacial score (nSPS) is 18.6. The van der Waals surface area contributed by atoms with E-state index in [9.17, 15) is 13.2 Å². The minimum Gasteiger partial charge on any atom is -0.379 e. The third kappa shape index (κ3) is 5.26. The Hall–Kier alpha value is -1.44. The highest BCUT2D eigenvalue weighted by molar-refractivity contribution is 7.89. The minimum atomic E-state index is -3.65. The number of carbonyl (C=O) groups excluding carboxylic acids is 1. The number of rotatable bonds is 8. The Morgan fingerprint density at radius 2 is 2.00 bits per heavy atom. The number of ether oxygens (including phenoxy) is 1. The second-order valence-electron chi connectivity index (χ2n) is 6.65. The lowest BCUT2D eigenvalue weighted by atomic mass is 10.2. The largest absolute Gasteiger partial charge is 0.379 e. The smallest absolute Gasteiger partial charge is 0.243 e. The molecular weight excluding hydrogens is 340 g/mol. The van der Waals surface area contributed by atoms with Crippen molar-refractivity contribution in [1.82, 2.24) is 9.62 Å². The van der Waals surface area contributed by atoms with Crippen LogP contribution in [-0.4, -0.2) is 50.5 Å². The van der Waals surface area contributed by atoms with E-state index in [1.54, 1.807) is 24.3 Å². The molecule has 0 spiro atoms. The molecule has 1 saturated heterocycles. The number of amides is 1. The van der Waals surface area contributed by atoms with Gasteiger partial charge in [-0.1, -0.05) is 17.7 Å². The fourth-order valence-corrected chi connectivity index (χ4v) is 4.51. The first kappa shape index (κ1) is 19.9. The van der Waals surface area contributed by atoms with Crippen molar-refractivity contribution in [1.29, 1.82) is 0 Å². The molecule has 6 nitrogen and oxygen atoms in total. The summed E-state index contributed by atoms with van der Waals surface area (Å²) >= 11 is 0. The zero-order valence-corrected chi connectivity index (χ0v) is 16.0. The van der Waals surface area contributed by atoms with Gasteiger partial charge < -0.3 is 10.1 Å². The maximum Gasteiger partial charge on any atom is 0.243 e. The molecule has 1 aliphatic rings. The lowest BCUT2D eigenvalue weighted by Crippen LogP contribution is -2.46. The molecule has 2 rings (SSSR count). The minimum absolute atomic E-state index is 0.167. The number of sulfonamides is 1. The summed E-state index contributed by atoms with van der Waals surface area (Å²) in [7, 11) is -3.65. The summed E-state index contributed by atoms with van der Waals surface area (Å²) in [6.07, 6.45) is 2.13. The molecule has 1 aromatic carbocycles. The molecule has 1 heterocycles. The molecule has 1 N–H and O–H groups in total. The Balaban J connectivity index is 1.96. The van der Waals surface area contributed by atoms with Crippen LogP contribution in [0.1, 0.15) is 38.7 Å². The van der Waals surface area contributed by atoms with Gasteiger partial charge in [-0.25, -0.2) is 8.42 Å². The van der Waals surface area contributed by atoms with Crippen molar-refractivity contribution < 1.29 is 17.9 Å². The Kier molecular flexibility index (Phi) is 6.98. The highest BCUT2D eigenvalue weighted by Gasteiger charge is 2.39. The average Bonchev–Trinajstić information content (AvgIpc) is 3.05. The monoisotopic (exact) mass is 368 g/mol. The molecule has 1 fully saturated rings. The highest BCUT2D eigenvalue weighted by atomic mass is 32.2. The first-order valence-corrected chi connectivity index (χ1v) is 10.2. The van der Waals surface area contributed by atoms with Crippen molar-refractivity contribution in [3.8, 4) is 0 Å². The van der Waals surface area contributed by atoms with E-state index in [0.717, 1.165) is 5.56 Å². The van der Waals surface area contributed by atoms with Crippen molar-refractivity contribution >= 4 is 15.9 Å². The first-order chi connectivity index (χ1) is 11.8. The Morgan fingerprint density at radius 1 is 1.32 bits per heavy atom. The molecule has 0 saturated carbocycles. The lowest BCUT2D eigenvalue weighted by molar-refractivity contribution is -0.124. The van der Waals surface area contributed by atoms with Gasteiger partial charge in [0, 0.05) is 19.7 Å². The van der Waals surface area contributed by atoms with Gasteiger partial charge in [0.1, 0.15) is 6.04 Å². The molecule has 0 radical (unpaired) electrons. The van der Waals surface area contributed by atoms with E-state index in [4.69, 9.17) is 4.74 Å². The van der Waals surface area contributed by atoms with E-state index in [-0.39, 0.29) is 16.9 Å². The van der Waals surface area contributed by atoms with E-state index < -0.39 is 16.1 Å². The molecule has 140 valence electrons. The van der Waals surface area contributed by atoms with Crippen molar-refractivity contribution in [3.05, 3.63) is 29.8 Å². The van der Waals surface area contributed by atoms with Gasteiger partial charge in [-0.15, -0.1) is 0 Å². The summed E-state index contributed by atoms with van der Waals surface area (Å²) in [5, 5.41) is 2.84. The second kappa shape index (κ2) is 8.78. The maximum atomic E-state index is 12.8. The van der Waals surface area contributed by atoms with Gasteiger partial charge in [0.05, 0.1) is 11.0 Å². The number of benzene rings is 1. The number of nitrogens with one attached hydrogen (secondary N) is 1. The topological polar surface area (TPSA) is 75.7 Å². The summed E-state index contributed by atoms with van der Waals surface area (Å²) in [5.41, 5.74) is 0.998. The summed E-state index contributed by atoms with van der Waals surface area (Å²) < 4.78 is 32.4. The van der Waals surface area contributed by atoms with Crippen LogP contribution in [0.3, 0.4) is 0 Å². The maximum absolute atomic E-state index is 12.8. The van der Waals surface area contributed by atoms with Crippen molar-refractivity contribution in [2.75, 3.05) is 19.7 Å². The number of hydrogen-bond donors (Lipinski definition) is 1. The summed E-state index contributed by atoms with van der Waals surface area (Å²) in [6.45, 7) is 7.28. The number of carbonyl (C=O) groups is 1. The van der Waals surface area contributed by atoms with E-state index in [1.165, 1.54) is 4.31 Å². The molecule has 0 bridgehead atoms. The molecule has 7 heteroatoms. The molecule has 1 aliphatic heterocycles. The average molecular weight is 368 g/mol. The number of aryl methyl sites for hydroxylation is 1.